The average molecular weight is 286 g/mol. The van der Waals surface area contributed by atoms with E-state index < -0.39 is 0 Å². The molecule has 0 amide bonds. The molecule has 0 radical (unpaired) electrons. The smallest absolute Gasteiger partial charge is 0.0596 e. The Kier molecular flexibility index (Phi) is 8.03. The minimum atomic E-state index is 0.273. The summed E-state index contributed by atoms with van der Waals surface area (Å²) in [6.07, 6.45) is 0.344. The van der Waals surface area contributed by atoms with E-state index in [4.69, 9.17) is 9.47 Å². The minimum Gasteiger partial charge on any atom is -0.380 e. The van der Waals surface area contributed by atoms with Crippen molar-refractivity contribution in [2.75, 3.05) is 59.1 Å². The number of piperazine rings is 1. The number of rotatable bonds is 8. The molecule has 1 rings (SSSR count). The summed E-state index contributed by atoms with van der Waals surface area (Å²) in [6.45, 7) is 20.1. The lowest BCUT2D eigenvalue weighted by atomic mass is 9.99. The molecular formula is C16H34N2O2. The van der Waals surface area contributed by atoms with Crippen LogP contribution in [0.5, 0.6) is 0 Å². The second-order valence-corrected chi connectivity index (χ2v) is 7.22. The van der Waals surface area contributed by atoms with Gasteiger partial charge in [-0.3, -0.25) is 9.80 Å². The molecule has 0 saturated carbocycles. The van der Waals surface area contributed by atoms with E-state index >= 15 is 0 Å². The molecule has 0 aromatic heterocycles. The van der Waals surface area contributed by atoms with Gasteiger partial charge in [-0.1, -0.05) is 20.8 Å². The minimum absolute atomic E-state index is 0.273. The fourth-order valence-corrected chi connectivity index (χ4v) is 2.23. The Morgan fingerprint density at radius 3 is 1.85 bits per heavy atom. The second-order valence-electron chi connectivity index (χ2n) is 7.22. The highest BCUT2D eigenvalue weighted by molar-refractivity contribution is 4.71. The van der Waals surface area contributed by atoms with Crippen LogP contribution in [0.25, 0.3) is 0 Å². The summed E-state index contributed by atoms with van der Waals surface area (Å²) in [7, 11) is 0. The molecule has 0 aliphatic carbocycles. The van der Waals surface area contributed by atoms with Gasteiger partial charge in [-0.05, 0) is 19.3 Å². The standard InChI is InChI=1S/C16H34N2O2/c1-15(2)20-13-11-18-8-6-17(7-9-18)10-12-19-14-16(3,4)5/h15H,6-14H2,1-5H3. The number of nitrogens with zero attached hydrogens (tertiary/aromatic N) is 2. The highest BCUT2D eigenvalue weighted by Gasteiger charge is 2.16. The topological polar surface area (TPSA) is 24.9 Å². The van der Waals surface area contributed by atoms with E-state index in [0.717, 1.165) is 59.1 Å². The molecule has 1 aliphatic heterocycles. The first kappa shape index (κ1) is 17.9. The zero-order valence-corrected chi connectivity index (χ0v) is 14.2. The Morgan fingerprint density at radius 2 is 1.40 bits per heavy atom. The van der Waals surface area contributed by atoms with Gasteiger partial charge in [0.2, 0.25) is 0 Å². The fourth-order valence-electron chi connectivity index (χ4n) is 2.23. The summed E-state index contributed by atoms with van der Waals surface area (Å²) in [5.74, 6) is 0. The van der Waals surface area contributed by atoms with E-state index in [2.05, 4.69) is 44.4 Å². The maximum atomic E-state index is 5.74. The number of hydrogen-bond donors (Lipinski definition) is 0. The summed E-state index contributed by atoms with van der Waals surface area (Å²) in [5.41, 5.74) is 0.273. The van der Waals surface area contributed by atoms with Crippen LogP contribution < -0.4 is 0 Å². The van der Waals surface area contributed by atoms with Gasteiger partial charge in [-0.15, -0.1) is 0 Å². The van der Waals surface area contributed by atoms with Crippen molar-refractivity contribution in [3.05, 3.63) is 0 Å². The molecule has 0 aromatic rings. The molecule has 4 heteroatoms. The molecule has 0 bridgehead atoms. The third kappa shape index (κ3) is 8.90. The van der Waals surface area contributed by atoms with Crippen molar-refractivity contribution in [2.24, 2.45) is 5.41 Å². The van der Waals surface area contributed by atoms with Gasteiger partial charge in [-0.25, -0.2) is 0 Å². The quantitative estimate of drug-likeness (QED) is 0.638. The van der Waals surface area contributed by atoms with Crippen molar-refractivity contribution in [2.45, 2.75) is 40.7 Å². The Bertz CT molecular complexity index is 243. The third-order valence-electron chi connectivity index (χ3n) is 3.41. The molecule has 20 heavy (non-hydrogen) atoms. The van der Waals surface area contributed by atoms with Crippen LogP contribution in [0.15, 0.2) is 0 Å². The maximum Gasteiger partial charge on any atom is 0.0596 e. The molecule has 0 aromatic carbocycles. The average Bonchev–Trinajstić information content (AvgIpc) is 2.35. The van der Waals surface area contributed by atoms with Crippen LogP contribution in [-0.2, 0) is 9.47 Å². The van der Waals surface area contributed by atoms with Crippen molar-refractivity contribution in [1.29, 1.82) is 0 Å². The molecule has 0 unspecified atom stereocenters. The highest BCUT2D eigenvalue weighted by Crippen LogP contribution is 2.12. The van der Waals surface area contributed by atoms with Crippen molar-refractivity contribution >= 4 is 0 Å². The summed E-state index contributed by atoms with van der Waals surface area (Å²) in [5, 5.41) is 0. The Morgan fingerprint density at radius 1 is 0.900 bits per heavy atom. The van der Waals surface area contributed by atoms with Crippen molar-refractivity contribution in [1.82, 2.24) is 9.80 Å². The molecular weight excluding hydrogens is 252 g/mol. The third-order valence-corrected chi connectivity index (χ3v) is 3.41. The van der Waals surface area contributed by atoms with Crippen molar-refractivity contribution in [3.63, 3.8) is 0 Å². The van der Waals surface area contributed by atoms with Gasteiger partial charge in [0.25, 0.3) is 0 Å². The molecule has 0 N–H and O–H groups in total. The van der Waals surface area contributed by atoms with E-state index in [9.17, 15) is 0 Å². The van der Waals surface area contributed by atoms with Crippen molar-refractivity contribution < 1.29 is 9.47 Å². The SMILES string of the molecule is CC(C)OCCN1CCN(CCOCC(C)(C)C)CC1. The van der Waals surface area contributed by atoms with Crippen LogP contribution in [0.2, 0.25) is 0 Å². The highest BCUT2D eigenvalue weighted by atomic mass is 16.5. The van der Waals surface area contributed by atoms with Gasteiger partial charge >= 0.3 is 0 Å². The van der Waals surface area contributed by atoms with Gasteiger partial charge < -0.3 is 9.47 Å². The molecule has 1 saturated heterocycles. The monoisotopic (exact) mass is 286 g/mol. The van der Waals surface area contributed by atoms with E-state index in [1.54, 1.807) is 0 Å². The lowest BCUT2D eigenvalue weighted by Crippen LogP contribution is -2.48. The number of hydrogen-bond acceptors (Lipinski definition) is 4. The van der Waals surface area contributed by atoms with Gasteiger partial charge in [0.15, 0.2) is 0 Å². The predicted molar refractivity (Wildman–Crippen MR) is 84.2 cm³/mol. The van der Waals surface area contributed by atoms with E-state index in [1.165, 1.54) is 0 Å². The van der Waals surface area contributed by atoms with Gasteiger partial charge in [0.1, 0.15) is 0 Å². The summed E-state index contributed by atoms with van der Waals surface area (Å²) in [6, 6.07) is 0. The Labute approximate surface area is 125 Å². The maximum absolute atomic E-state index is 5.74. The summed E-state index contributed by atoms with van der Waals surface area (Å²) >= 11 is 0. The van der Waals surface area contributed by atoms with Crippen LogP contribution in [0.4, 0.5) is 0 Å². The first-order valence-corrected chi connectivity index (χ1v) is 8.01. The van der Waals surface area contributed by atoms with Crippen LogP contribution in [0, 0.1) is 5.41 Å². The largest absolute Gasteiger partial charge is 0.380 e. The lowest BCUT2D eigenvalue weighted by molar-refractivity contribution is 0.0281. The van der Waals surface area contributed by atoms with Gasteiger partial charge in [-0.2, -0.15) is 0 Å². The van der Waals surface area contributed by atoms with Crippen LogP contribution in [0.1, 0.15) is 34.6 Å². The molecule has 1 aliphatic rings. The van der Waals surface area contributed by atoms with E-state index in [0.29, 0.717) is 6.10 Å². The Hall–Kier alpha value is -0.160. The zero-order valence-electron chi connectivity index (χ0n) is 14.2. The summed E-state index contributed by atoms with van der Waals surface area (Å²) in [4.78, 5) is 5.00. The normalized spacial score (nSPS) is 18.9. The van der Waals surface area contributed by atoms with Crippen molar-refractivity contribution in [3.8, 4) is 0 Å². The molecule has 0 atom stereocenters. The summed E-state index contributed by atoms with van der Waals surface area (Å²) < 4.78 is 11.4. The fraction of sp³-hybridized carbons (Fsp3) is 1.00. The van der Waals surface area contributed by atoms with Crippen LogP contribution in [0.3, 0.4) is 0 Å². The van der Waals surface area contributed by atoms with Gasteiger partial charge in [0.05, 0.1) is 25.9 Å². The molecule has 1 fully saturated rings. The first-order valence-electron chi connectivity index (χ1n) is 8.01. The van der Waals surface area contributed by atoms with E-state index in [-0.39, 0.29) is 5.41 Å². The molecule has 120 valence electrons. The second kappa shape index (κ2) is 8.98. The first-order chi connectivity index (χ1) is 9.37. The lowest BCUT2D eigenvalue weighted by Gasteiger charge is -2.34. The van der Waals surface area contributed by atoms with Crippen LogP contribution in [-0.4, -0.2) is 75.0 Å². The predicted octanol–water partition coefficient (Wildman–Crippen LogP) is 2.09. The van der Waals surface area contributed by atoms with E-state index in [1.807, 2.05) is 0 Å². The molecule has 1 heterocycles. The van der Waals surface area contributed by atoms with Crippen LogP contribution >= 0.6 is 0 Å². The molecule has 0 spiro atoms. The van der Waals surface area contributed by atoms with Gasteiger partial charge in [0, 0.05) is 39.3 Å². The number of ether oxygens (including phenoxy) is 2. The molecule has 4 nitrogen and oxygen atoms in total. The zero-order chi connectivity index (χ0) is 15.0. The Balaban J connectivity index is 2.01.